The van der Waals surface area contributed by atoms with Gasteiger partial charge in [0.2, 0.25) is 6.10 Å². The van der Waals surface area contributed by atoms with Gasteiger partial charge in [-0.05, 0) is 56.2 Å². The normalized spacial score (nSPS) is 21.4. The van der Waals surface area contributed by atoms with Gasteiger partial charge < -0.3 is 14.8 Å². The molecule has 0 saturated heterocycles. The number of hydrogen-bond acceptors (Lipinski definition) is 4. The lowest BCUT2D eigenvalue weighted by molar-refractivity contribution is -0.130. The molecule has 0 spiro atoms. The molecular formula is C22H27N3O3. The molecule has 2 heterocycles. The molecular weight excluding hydrogens is 354 g/mol. The Morgan fingerprint density at radius 3 is 2.75 bits per heavy atom. The molecule has 2 aliphatic carbocycles. The molecule has 6 nitrogen and oxygen atoms in total. The Labute approximate surface area is 165 Å². The van der Waals surface area contributed by atoms with E-state index in [9.17, 15) is 4.79 Å². The van der Waals surface area contributed by atoms with Crippen molar-refractivity contribution >= 4 is 5.91 Å². The van der Waals surface area contributed by atoms with Crippen LogP contribution in [0.4, 0.5) is 0 Å². The first-order valence-corrected chi connectivity index (χ1v) is 10.5. The number of nitrogens with one attached hydrogen (secondary N) is 1. The molecule has 1 saturated carbocycles. The van der Waals surface area contributed by atoms with E-state index < -0.39 is 6.10 Å². The van der Waals surface area contributed by atoms with Gasteiger partial charge in [0, 0.05) is 5.69 Å². The second-order valence-corrected chi connectivity index (χ2v) is 8.04. The van der Waals surface area contributed by atoms with Crippen LogP contribution in [0.15, 0.2) is 24.3 Å². The van der Waals surface area contributed by atoms with Crippen molar-refractivity contribution in [3.63, 3.8) is 0 Å². The number of rotatable bonds is 4. The Hall–Kier alpha value is -2.50. The average molecular weight is 381 g/mol. The fourth-order valence-corrected chi connectivity index (χ4v) is 4.73. The second-order valence-electron chi connectivity index (χ2n) is 8.04. The number of para-hydroxylation sites is 2. The minimum absolute atomic E-state index is 0.144. The van der Waals surface area contributed by atoms with E-state index in [0.29, 0.717) is 24.1 Å². The van der Waals surface area contributed by atoms with Gasteiger partial charge in [-0.15, -0.1) is 0 Å². The second kappa shape index (κ2) is 7.49. The molecule has 1 atom stereocenters. The van der Waals surface area contributed by atoms with Gasteiger partial charge in [0.15, 0.2) is 11.5 Å². The zero-order valence-electron chi connectivity index (χ0n) is 16.2. The van der Waals surface area contributed by atoms with Crippen LogP contribution in [0.3, 0.4) is 0 Å². The van der Waals surface area contributed by atoms with Gasteiger partial charge in [-0.25, -0.2) is 0 Å². The van der Waals surface area contributed by atoms with E-state index in [4.69, 9.17) is 14.6 Å². The highest BCUT2D eigenvalue weighted by Crippen LogP contribution is 2.34. The summed E-state index contributed by atoms with van der Waals surface area (Å²) in [6.07, 6.45) is 9.07. The van der Waals surface area contributed by atoms with Crippen molar-refractivity contribution in [2.45, 2.75) is 70.1 Å². The fraction of sp³-hybridized carbons (Fsp3) is 0.545. The maximum Gasteiger partial charge on any atom is 0.265 e. The highest BCUT2D eigenvalue weighted by molar-refractivity contribution is 5.81. The molecule has 1 aromatic carbocycles. The number of nitrogens with zero attached hydrogens (tertiary/aromatic N) is 2. The predicted molar refractivity (Wildman–Crippen MR) is 105 cm³/mol. The van der Waals surface area contributed by atoms with Crippen molar-refractivity contribution in [1.29, 1.82) is 0 Å². The Kier molecular flexibility index (Phi) is 4.71. The summed E-state index contributed by atoms with van der Waals surface area (Å²) >= 11 is 0. The number of aromatic nitrogens is 2. The molecule has 1 N–H and O–H groups in total. The molecule has 0 bridgehead atoms. The van der Waals surface area contributed by atoms with Crippen molar-refractivity contribution in [1.82, 2.24) is 15.1 Å². The lowest BCUT2D eigenvalue weighted by Gasteiger charge is -2.25. The van der Waals surface area contributed by atoms with Gasteiger partial charge in [0.1, 0.15) is 6.61 Å². The van der Waals surface area contributed by atoms with Gasteiger partial charge in [-0.3, -0.25) is 9.48 Å². The van der Waals surface area contributed by atoms with E-state index in [1.807, 2.05) is 24.3 Å². The van der Waals surface area contributed by atoms with Crippen molar-refractivity contribution < 1.29 is 14.3 Å². The topological polar surface area (TPSA) is 65.4 Å². The molecule has 1 aromatic heterocycles. The first-order valence-electron chi connectivity index (χ1n) is 10.5. The maximum absolute atomic E-state index is 12.7. The van der Waals surface area contributed by atoms with E-state index in [2.05, 4.69) is 10.00 Å². The summed E-state index contributed by atoms with van der Waals surface area (Å²) in [5.74, 6) is 1.17. The van der Waals surface area contributed by atoms with Crippen LogP contribution in [-0.4, -0.2) is 28.4 Å². The van der Waals surface area contributed by atoms with Crippen LogP contribution < -0.4 is 14.8 Å². The molecule has 1 fully saturated rings. The van der Waals surface area contributed by atoms with Crippen LogP contribution in [0, 0.1) is 0 Å². The molecule has 148 valence electrons. The quantitative estimate of drug-likeness (QED) is 0.882. The third-order valence-electron chi connectivity index (χ3n) is 6.19. The van der Waals surface area contributed by atoms with Gasteiger partial charge >= 0.3 is 0 Å². The number of carbonyl (C=O) groups is 1. The Balaban J connectivity index is 1.28. The summed E-state index contributed by atoms with van der Waals surface area (Å²) < 4.78 is 13.8. The minimum Gasteiger partial charge on any atom is -0.485 e. The highest BCUT2D eigenvalue weighted by atomic mass is 16.6. The molecule has 28 heavy (non-hydrogen) atoms. The number of amides is 1. The zero-order chi connectivity index (χ0) is 18.9. The van der Waals surface area contributed by atoms with Crippen LogP contribution in [0.5, 0.6) is 11.5 Å². The van der Waals surface area contributed by atoms with Crippen molar-refractivity contribution in [2.24, 2.45) is 0 Å². The van der Waals surface area contributed by atoms with Crippen LogP contribution in [0.25, 0.3) is 0 Å². The monoisotopic (exact) mass is 381 g/mol. The molecule has 1 aliphatic heterocycles. The van der Waals surface area contributed by atoms with E-state index in [1.165, 1.54) is 49.8 Å². The molecule has 0 unspecified atom stereocenters. The van der Waals surface area contributed by atoms with Crippen LogP contribution in [-0.2, 0) is 24.2 Å². The van der Waals surface area contributed by atoms with E-state index >= 15 is 0 Å². The first kappa shape index (κ1) is 17.6. The van der Waals surface area contributed by atoms with Crippen molar-refractivity contribution in [2.75, 3.05) is 6.61 Å². The van der Waals surface area contributed by atoms with Gasteiger partial charge in [0.25, 0.3) is 5.91 Å². The Morgan fingerprint density at radius 2 is 1.89 bits per heavy atom. The van der Waals surface area contributed by atoms with Crippen molar-refractivity contribution in [3.05, 3.63) is 41.2 Å². The summed E-state index contributed by atoms with van der Waals surface area (Å²) in [6, 6.07) is 8.00. The lowest BCUT2D eigenvalue weighted by Crippen LogP contribution is -2.43. The molecule has 5 rings (SSSR count). The minimum atomic E-state index is -0.623. The smallest absolute Gasteiger partial charge is 0.265 e. The predicted octanol–water partition coefficient (Wildman–Crippen LogP) is 3.33. The first-order chi connectivity index (χ1) is 13.8. The van der Waals surface area contributed by atoms with E-state index in [0.717, 1.165) is 18.5 Å². The summed E-state index contributed by atoms with van der Waals surface area (Å²) in [6.45, 7) is 0.694. The lowest BCUT2D eigenvalue weighted by atomic mass is 9.95. The number of carbonyl (C=O) groups excluding carboxylic acids is 1. The van der Waals surface area contributed by atoms with Gasteiger partial charge in [0.05, 0.1) is 18.3 Å². The number of benzene rings is 1. The number of fused-ring (bicyclic) bond motifs is 2. The molecule has 2 aromatic rings. The van der Waals surface area contributed by atoms with Crippen LogP contribution >= 0.6 is 0 Å². The SMILES string of the molecule is O=C(NCc1nn(C2CCCC2)c2c1CCCC2)[C@H]1COc2ccccc2O1. The summed E-state index contributed by atoms with van der Waals surface area (Å²) in [7, 11) is 0. The molecule has 3 aliphatic rings. The third-order valence-corrected chi connectivity index (χ3v) is 6.19. The number of hydrogen-bond donors (Lipinski definition) is 1. The Bertz CT molecular complexity index is 870. The highest BCUT2D eigenvalue weighted by Gasteiger charge is 2.29. The third kappa shape index (κ3) is 3.25. The van der Waals surface area contributed by atoms with E-state index in [-0.39, 0.29) is 12.5 Å². The van der Waals surface area contributed by atoms with E-state index in [1.54, 1.807) is 0 Å². The van der Waals surface area contributed by atoms with Gasteiger partial charge in [-0.2, -0.15) is 5.10 Å². The standard InChI is InChI=1S/C22H27N3O3/c26-22(21-14-27-19-11-5-6-12-20(19)28-21)23-13-17-16-9-3-4-10-18(16)25(24-17)15-7-1-2-8-15/h5-6,11-12,15,21H,1-4,7-10,13-14H2,(H,23,26)/t21-/m1/s1. The van der Waals surface area contributed by atoms with Gasteiger partial charge in [-0.1, -0.05) is 25.0 Å². The molecule has 0 radical (unpaired) electrons. The van der Waals surface area contributed by atoms with Crippen LogP contribution in [0.2, 0.25) is 0 Å². The summed E-state index contributed by atoms with van der Waals surface area (Å²) in [5, 5.41) is 7.99. The molecule has 1 amide bonds. The molecule has 6 heteroatoms. The summed E-state index contributed by atoms with van der Waals surface area (Å²) in [5.41, 5.74) is 3.81. The fourth-order valence-electron chi connectivity index (χ4n) is 4.73. The summed E-state index contributed by atoms with van der Waals surface area (Å²) in [4.78, 5) is 12.7. The average Bonchev–Trinajstić information content (AvgIpc) is 3.39. The zero-order valence-corrected chi connectivity index (χ0v) is 16.2. The number of ether oxygens (including phenoxy) is 2. The Morgan fingerprint density at radius 1 is 1.11 bits per heavy atom. The maximum atomic E-state index is 12.7. The van der Waals surface area contributed by atoms with Crippen molar-refractivity contribution in [3.8, 4) is 11.5 Å². The largest absolute Gasteiger partial charge is 0.485 e. The van der Waals surface area contributed by atoms with Crippen LogP contribution in [0.1, 0.15) is 61.5 Å².